The number of oxazole rings is 1. The second kappa shape index (κ2) is 9.16. The van der Waals surface area contributed by atoms with E-state index in [0.717, 1.165) is 16.5 Å². The molecule has 0 bridgehead atoms. The maximum atomic E-state index is 12.4. The first-order valence-corrected chi connectivity index (χ1v) is 10.8. The first-order valence-electron chi connectivity index (χ1n) is 8.75. The van der Waals surface area contributed by atoms with Crippen molar-refractivity contribution in [3.05, 3.63) is 69.4 Å². The number of benzene rings is 1. The van der Waals surface area contributed by atoms with Gasteiger partial charge in [0.2, 0.25) is 5.89 Å². The van der Waals surface area contributed by atoms with Gasteiger partial charge in [-0.25, -0.2) is 15.0 Å². The summed E-state index contributed by atoms with van der Waals surface area (Å²) in [6, 6.07) is 11.0. The van der Waals surface area contributed by atoms with Gasteiger partial charge in [0, 0.05) is 23.2 Å². The van der Waals surface area contributed by atoms with E-state index < -0.39 is 0 Å². The number of hydrogen-bond acceptors (Lipinski definition) is 6. The molecule has 3 heterocycles. The Kier molecular flexibility index (Phi) is 6.64. The Morgan fingerprint density at radius 1 is 1.07 bits per heavy atom. The molecule has 0 aliphatic rings. The average molecular weight is 459 g/mol. The zero-order valence-electron chi connectivity index (χ0n) is 15.7. The third kappa shape index (κ3) is 4.34. The highest BCUT2D eigenvalue weighted by Crippen LogP contribution is 2.22. The van der Waals surface area contributed by atoms with E-state index in [1.54, 1.807) is 29.1 Å². The molecule has 144 valence electrons. The van der Waals surface area contributed by atoms with Gasteiger partial charge in [-0.3, -0.25) is 9.36 Å². The Morgan fingerprint density at radius 2 is 1.82 bits per heavy atom. The number of thioether (sulfide) groups is 1. The van der Waals surface area contributed by atoms with Crippen LogP contribution in [0.15, 0.2) is 67.8 Å². The Bertz CT molecular complexity index is 1140. The van der Waals surface area contributed by atoms with Crippen LogP contribution < -0.4 is 5.56 Å². The summed E-state index contributed by atoms with van der Waals surface area (Å²) >= 11 is 4.70. The summed E-state index contributed by atoms with van der Waals surface area (Å²) in [5.74, 6) is 0.545. The Hall–Kier alpha value is -2.45. The molecule has 0 fully saturated rings. The lowest BCUT2D eigenvalue weighted by Gasteiger charge is -2.10. The van der Waals surface area contributed by atoms with E-state index in [2.05, 4.69) is 30.9 Å². The van der Waals surface area contributed by atoms with Crippen LogP contribution in [-0.2, 0) is 6.54 Å². The molecule has 0 atom stereocenters. The van der Waals surface area contributed by atoms with Gasteiger partial charge >= 0.3 is 0 Å². The van der Waals surface area contributed by atoms with E-state index in [0.29, 0.717) is 27.9 Å². The van der Waals surface area contributed by atoms with Gasteiger partial charge in [0.1, 0.15) is 5.65 Å². The third-order valence-electron chi connectivity index (χ3n) is 3.90. The van der Waals surface area contributed by atoms with Crippen molar-refractivity contribution in [1.29, 1.82) is 0 Å². The maximum absolute atomic E-state index is 12.4. The Morgan fingerprint density at radius 3 is 2.46 bits per heavy atom. The Labute approximate surface area is 175 Å². The quantitative estimate of drug-likeness (QED) is 0.316. The highest BCUT2D eigenvalue weighted by atomic mass is 79.9. The van der Waals surface area contributed by atoms with Crippen molar-refractivity contribution < 1.29 is 4.42 Å². The smallest absolute Gasteiger partial charge is 0.252 e. The zero-order chi connectivity index (χ0) is 20.1. The highest BCUT2D eigenvalue weighted by molar-refractivity contribution is 9.10. The lowest BCUT2D eigenvalue weighted by atomic mass is 10.1. The van der Waals surface area contributed by atoms with Crippen LogP contribution in [-0.4, -0.2) is 25.8 Å². The molecule has 8 heteroatoms. The van der Waals surface area contributed by atoms with Crippen LogP contribution in [0.2, 0.25) is 0 Å². The van der Waals surface area contributed by atoms with Crippen LogP contribution >= 0.6 is 27.7 Å². The predicted octanol–water partition coefficient (Wildman–Crippen LogP) is 5.01. The first-order chi connectivity index (χ1) is 13.6. The largest absolute Gasteiger partial charge is 0.429 e. The fourth-order valence-corrected chi connectivity index (χ4v) is 3.22. The average Bonchev–Trinajstić information content (AvgIpc) is 3.18. The normalized spacial score (nSPS) is 10.6. The van der Waals surface area contributed by atoms with Crippen molar-refractivity contribution in [3.8, 4) is 11.5 Å². The molecule has 0 aliphatic heterocycles. The van der Waals surface area contributed by atoms with Crippen molar-refractivity contribution in [2.45, 2.75) is 25.5 Å². The van der Waals surface area contributed by atoms with E-state index in [9.17, 15) is 4.79 Å². The lowest BCUT2D eigenvalue weighted by Crippen LogP contribution is -2.21. The molecule has 4 aromatic rings. The maximum Gasteiger partial charge on any atom is 0.252 e. The van der Waals surface area contributed by atoms with Gasteiger partial charge in [-0.05, 0) is 45.9 Å². The minimum atomic E-state index is -0.0936. The van der Waals surface area contributed by atoms with E-state index in [1.165, 1.54) is 11.8 Å². The minimum Gasteiger partial charge on any atom is -0.429 e. The molecular formula is C20H19BrN4O2S. The zero-order valence-corrected chi connectivity index (χ0v) is 18.1. The van der Waals surface area contributed by atoms with Crippen molar-refractivity contribution in [2.24, 2.45) is 0 Å². The van der Waals surface area contributed by atoms with Crippen LogP contribution in [0.5, 0.6) is 0 Å². The summed E-state index contributed by atoms with van der Waals surface area (Å²) in [6.07, 6.45) is 5.27. The second-order valence-electron chi connectivity index (χ2n) is 5.56. The van der Waals surface area contributed by atoms with Gasteiger partial charge < -0.3 is 4.42 Å². The summed E-state index contributed by atoms with van der Waals surface area (Å²) in [6.45, 7) is 4.43. The van der Waals surface area contributed by atoms with Crippen LogP contribution in [0.4, 0.5) is 0 Å². The van der Waals surface area contributed by atoms with Gasteiger partial charge in [-0.1, -0.05) is 37.7 Å². The minimum absolute atomic E-state index is 0.0936. The molecule has 0 saturated carbocycles. The monoisotopic (exact) mass is 458 g/mol. The summed E-state index contributed by atoms with van der Waals surface area (Å²) in [4.78, 5) is 25.3. The van der Waals surface area contributed by atoms with Crippen LogP contribution in [0.3, 0.4) is 0 Å². The van der Waals surface area contributed by atoms with Crippen LogP contribution in [0.1, 0.15) is 19.4 Å². The Balaban J connectivity index is 0.00000109. The second-order valence-corrected chi connectivity index (χ2v) is 7.11. The molecule has 3 aromatic heterocycles. The summed E-state index contributed by atoms with van der Waals surface area (Å²) in [7, 11) is 0. The molecule has 0 N–H and O–H groups in total. The van der Waals surface area contributed by atoms with Crippen molar-refractivity contribution in [3.63, 3.8) is 0 Å². The molecule has 0 aliphatic carbocycles. The van der Waals surface area contributed by atoms with Gasteiger partial charge in [0.05, 0.1) is 12.7 Å². The van der Waals surface area contributed by atoms with Crippen molar-refractivity contribution in [1.82, 2.24) is 19.5 Å². The van der Waals surface area contributed by atoms with Gasteiger partial charge in [-0.2, -0.15) is 0 Å². The molecule has 4 rings (SSSR count). The number of rotatable bonds is 4. The molecule has 6 nitrogen and oxygen atoms in total. The third-order valence-corrected chi connectivity index (χ3v) is 4.83. The molecular weight excluding hydrogens is 440 g/mol. The summed E-state index contributed by atoms with van der Waals surface area (Å²) < 4.78 is 7.71. The first kappa shape index (κ1) is 20.3. The number of aromatic nitrogens is 4. The van der Waals surface area contributed by atoms with Crippen LogP contribution in [0.25, 0.3) is 22.5 Å². The molecule has 1 aromatic carbocycles. The summed E-state index contributed by atoms with van der Waals surface area (Å²) in [5, 5.41) is 1.48. The van der Waals surface area contributed by atoms with E-state index in [4.69, 9.17) is 4.42 Å². The number of pyridine rings is 1. The highest BCUT2D eigenvalue weighted by Gasteiger charge is 2.09. The molecule has 0 radical (unpaired) electrons. The number of nitrogens with zero attached hydrogens (tertiary/aromatic N) is 4. The van der Waals surface area contributed by atoms with Crippen molar-refractivity contribution in [2.75, 3.05) is 6.26 Å². The molecule has 0 amide bonds. The van der Waals surface area contributed by atoms with Crippen molar-refractivity contribution >= 4 is 38.7 Å². The van der Waals surface area contributed by atoms with E-state index in [-0.39, 0.29) is 5.56 Å². The van der Waals surface area contributed by atoms with Gasteiger partial charge in [0.15, 0.2) is 9.83 Å². The number of halogens is 1. The molecule has 28 heavy (non-hydrogen) atoms. The van der Waals surface area contributed by atoms with Crippen LogP contribution in [0, 0.1) is 0 Å². The fourth-order valence-electron chi connectivity index (χ4n) is 2.63. The topological polar surface area (TPSA) is 73.8 Å². The number of hydrogen-bond donors (Lipinski definition) is 0. The summed E-state index contributed by atoms with van der Waals surface area (Å²) in [5.41, 5.74) is 2.40. The SMILES string of the molecule is CC.CSc1ncc2ccc(=O)n(Cc3ccc(-c4ncc(Br)o4)cc3)c2n1. The van der Waals surface area contributed by atoms with Gasteiger partial charge in [-0.15, -0.1) is 0 Å². The fraction of sp³-hybridized carbons (Fsp3) is 0.200. The van der Waals surface area contributed by atoms with E-state index >= 15 is 0 Å². The molecule has 0 saturated heterocycles. The molecule has 0 spiro atoms. The number of fused-ring (bicyclic) bond motifs is 1. The molecule has 0 unspecified atom stereocenters. The van der Waals surface area contributed by atoms with E-state index in [1.807, 2.05) is 44.4 Å². The standard InChI is InChI=1S/C18H13BrN4O2S.C2H6/c1-26-18-21-8-13-6-7-15(24)23(16(13)22-18)10-11-2-4-12(5-3-11)17-20-9-14(19)25-17;1-2/h2-9H,10H2,1H3;1-2H3. The predicted molar refractivity (Wildman–Crippen MR) is 116 cm³/mol. The lowest BCUT2D eigenvalue weighted by molar-refractivity contribution is 0.549. The van der Waals surface area contributed by atoms with Gasteiger partial charge in [0.25, 0.3) is 5.56 Å².